The Hall–Kier alpha value is -1.65. The molecule has 92 valence electrons. The summed E-state index contributed by atoms with van der Waals surface area (Å²) < 4.78 is 1.42. The van der Waals surface area contributed by atoms with Crippen molar-refractivity contribution < 1.29 is 4.79 Å². The third-order valence-corrected chi connectivity index (χ3v) is 2.87. The van der Waals surface area contributed by atoms with E-state index < -0.39 is 10.7 Å². The lowest BCUT2D eigenvalue weighted by Crippen LogP contribution is -2.20. The van der Waals surface area contributed by atoms with E-state index >= 15 is 0 Å². The summed E-state index contributed by atoms with van der Waals surface area (Å²) >= 11 is 11.4. The van der Waals surface area contributed by atoms with Crippen molar-refractivity contribution in [3.8, 4) is 5.69 Å². The molecule has 0 aliphatic heterocycles. The fourth-order valence-corrected chi connectivity index (χ4v) is 1.90. The van der Waals surface area contributed by atoms with Gasteiger partial charge in [0.25, 0.3) is 5.24 Å². The topological polar surface area (TPSA) is 52.0 Å². The van der Waals surface area contributed by atoms with Gasteiger partial charge in [0.15, 0.2) is 5.69 Å². The molecule has 4 nitrogen and oxygen atoms in total. The van der Waals surface area contributed by atoms with E-state index in [9.17, 15) is 9.59 Å². The Morgan fingerprint density at radius 2 is 2.00 bits per heavy atom. The van der Waals surface area contributed by atoms with Gasteiger partial charge in [0.1, 0.15) is 0 Å². The van der Waals surface area contributed by atoms with Crippen LogP contribution in [0.5, 0.6) is 0 Å². The van der Waals surface area contributed by atoms with Crippen LogP contribution in [-0.4, -0.2) is 15.0 Å². The smallest absolute Gasteiger partial charge is 0.276 e. The quantitative estimate of drug-likeness (QED) is 0.796. The number of para-hydroxylation sites is 1. The molecule has 0 bridgehead atoms. The van der Waals surface area contributed by atoms with Crippen LogP contribution < -0.4 is 5.43 Å². The van der Waals surface area contributed by atoms with E-state index in [-0.39, 0.29) is 5.69 Å². The number of halogens is 2. The van der Waals surface area contributed by atoms with Crippen molar-refractivity contribution in [1.82, 2.24) is 9.78 Å². The maximum Gasteiger partial charge on any atom is 0.276 e. The van der Waals surface area contributed by atoms with Crippen molar-refractivity contribution in [2.24, 2.45) is 0 Å². The normalized spacial score (nSPS) is 10.4. The highest BCUT2D eigenvalue weighted by Gasteiger charge is 2.13. The monoisotopic (exact) mass is 282 g/mol. The molecule has 0 saturated carbocycles. The molecule has 0 unspecified atom stereocenters. The number of aromatic nitrogens is 2. The van der Waals surface area contributed by atoms with Crippen LogP contribution in [0.2, 0.25) is 5.02 Å². The zero-order chi connectivity index (χ0) is 13.3. The van der Waals surface area contributed by atoms with E-state index in [4.69, 9.17) is 23.2 Å². The van der Waals surface area contributed by atoms with Crippen molar-refractivity contribution >= 4 is 28.4 Å². The van der Waals surface area contributed by atoms with Gasteiger partial charge in [-0.1, -0.05) is 23.7 Å². The Kier molecular flexibility index (Phi) is 3.50. The van der Waals surface area contributed by atoms with Crippen LogP contribution in [0.15, 0.2) is 35.1 Å². The van der Waals surface area contributed by atoms with E-state index in [0.717, 1.165) is 0 Å². The Bertz CT molecular complexity index is 680. The fraction of sp³-hybridized carbons (Fsp3) is 0.0833. The lowest BCUT2D eigenvalue weighted by atomic mass is 10.3. The average molecular weight is 283 g/mol. The van der Waals surface area contributed by atoms with Gasteiger partial charge in [-0.15, -0.1) is 0 Å². The molecule has 0 N–H and O–H groups in total. The number of hydrogen-bond donors (Lipinski definition) is 0. The molecule has 0 aliphatic carbocycles. The second-order valence-electron chi connectivity index (χ2n) is 3.64. The molecule has 1 aromatic carbocycles. The van der Waals surface area contributed by atoms with Crippen molar-refractivity contribution in [3.63, 3.8) is 0 Å². The largest absolute Gasteiger partial charge is 0.287 e. The highest BCUT2D eigenvalue weighted by atomic mass is 35.5. The van der Waals surface area contributed by atoms with Crippen molar-refractivity contribution in [2.45, 2.75) is 6.92 Å². The molecule has 1 aromatic heterocycles. The Labute approximate surface area is 113 Å². The van der Waals surface area contributed by atoms with Crippen LogP contribution >= 0.6 is 23.2 Å². The van der Waals surface area contributed by atoms with Gasteiger partial charge in [0.2, 0.25) is 5.43 Å². The zero-order valence-corrected chi connectivity index (χ0v) is 10.9. The number of nitrogens with zero attached hydrogens (tertiary/aromatic N) is 2. The summed E-state index contributed by atoms with van der Waals surface area (Å²) in [4.78, 5) is 22.6. The molecule has 6 heteroatoms. The third kappa shape index (κ3) is 2.30. The van der Waals surface area contributed by atoms with E-state index in [1.807, 2.05) is 0 Å². The molecule has 2 aromatic rings. The highest BCUT2D eigenvalue weighted by molar-refractivity contribution is 6.67. The first kappa shape index (κ1) is 12.8. The van der Waals surface area contributed by atoms with Crippen molar-refractivity contribution in [2.75, 3.05) is 0 Å². The second kappa shape index (κ2) is 4.92. The predicted octanol–water partition coefficient (Wildman–Crippen LogP) is 2.57. The summed E-state index contributed by atoms with van der Waals surface area (Å²) in [5, 5.41) is 3.52. The summed E-state index contributed by atoms with van der Waals surface area (Å²) in [6.45, 7) is 1.69. The minimum atomic E-state index is -0.888. The maximum atomic E-state index is 11.5. The number of hydrogen-bond acceptors (Lipinski definition) is 3. The lowest BCUT2D eigenvalue weighted by molar-refractivity contribution is 0.107. The zero-order valence-electron chi connectivity index (χ0n) is 9.35. The molecular formula is C12H8Cl2N2O2. The Balaban J connectivity index is 2.73. The number of benzene rings is 1. The number of aryl methyl sites for hydroxylation is 1. The minimum Gasteiger partial charge on any atom is -0.287 e. The first-order chi connectivity index (χ1) is 8.50. The first-order valence-corrected chi connectivity index (χ1v) is 5.82. The summed E-state index contributed by atoms with van der Waals surface area (Å²) in [6.07, 6.45) is 0. The van der Waals surface area contributed by atoms with E-state index in [1.165, 1.54) is 10.7 Å². The van der Waals surface area contributed by atoms with Gasteiger partial charge >= 0.3 is 0 Å². The molecule has 1 heterocycles. The molecule has 0 saturated heterocycles. The number of rotatable bonds is 2. The van der Waals surface area contributed by atoms with Crippen LogP contribution in [0, 0.1) is 6.92 Å². The van der Waals surface area contributed by atoms with Crippen molar-refractivity contribution in [3.05, 3.63) is 57.0 Å². The second-order valence-corrected chi connectivity index (χ2v) is 4.39. The molecule has 0 amide bonds. The van der Waals surface area contributed by atoms with Gasteiger partial charge < -0.3 is 0 Å². The summed E-state index contributed by atoms with van der Waals surface area (Å²) in [5.41, 5.74) is 0.323. The summed E-state index contributed by atoms with van der Waals surface area (Å²) in [7, 11) is 0. The van der Waals surface area contributed by atoms with Gasteiger partial charge in [0.05, 0.1) is 10.7 Å². The van der Waals surface area contributed by atoms with Crippen LogP contribution in [0.25, 0.3) is 5.69 Å². The molecule has 0 spiro atoms. The molecule has 18 heavy (non-hydrogen) atoms. The van der Waals surface area contributed by atoms with Gasteiger partial charge in [-0.05, 0) is 30.7 Å². The van der Waals surface area contributed by atoms with E-state index in [2.05, 4.69) is 5.10 Å². The van der Waals surface area contributed by atoms with Gasteiger partial charge in [-0.2, -0.15) is 5.10 Å². The summed E-state index contributed by atoms with van der Waals surface area (Å²) in [5.74, 6) is 0. The Morgan fingerprint density at radius 1 is 1.33 bits per heavy atom. The molecule has 0 fully saturated rings. The highest BCUT2D eigenvalue weighted by Crippen LogP contribution is 2.19. The standard InChI is InChI=1S/C12H8Cl2N2O2/c1-7-6-10(17)11(12(14)18)15-16(7)9-5-3-2-4-8(9)13/h2-6H,1H3. The predicted molar refractivity (Wildman–Crippen MR) is 69.8 cm³/mol. The van der Waals surface area contributed by atoms with Crippen LogP contribution in [0.3, 0.4) is 0 Å². The van der Waals surface area contributed by atoms with Gasteiger partial charge in [0, 0.05) is 11.8 Å². The molecule has 0 radical (unpaired) electrons. The number of carbonyl (C=O) groups is 1. The molecule has 0 aliphatic rings. The van der Waals surface area contributed by atoms with Crippen molar-refractivity contribution in [1.29, 1.82) is 0 Å². The van der Waals surface area contributed by atoms with Gasteiger partial charge in [-0.3, -0.25) is 9.59 Å². The van der Waals surface area contributed by atoms with E-state index in [0.29, 0.717) is 16.4 Å². The maximum absolute atomic E-state index is 11.5. The molecule has 2 rings (SSSR count). The summed E-state index contributed by atoms with van der Waals surface area (Å²) in [6, 6.07) is 8.28. The minimum absolute atomic E-state index is 0.317. The van der Waals surface area contributed by atoms with Gasteiger partial charge in [-0.25, -0.2) is 4.68 Å². The third-order valence-electron chi connectivity index (χ3n) is 2.37. The fourth-order valence-electron chi connectivity index (χ4n) is 1.55. The molecule has 0 atom stereocenters. The molecular weight excluding hydrogens is 275 g/mol. The Morgan fingerprint density at radius 3 is 2.61 bits per heavy atom. The lowest BCUT2D eigenvalue weighted by Gasteiger charge is -2.11. The van der Waals surface area contributed by atoms with Crippen LogP contribution in [-0.2, 0) is 0 Å². The number of carbonyl (C=O) groups excluding carboxylic acids is 1. The van der Waals surface area contributed by atoms with Crippen LogP contribution in [0.4, 0.5) is 0 Å². The average Bonchev–Trinajstić information content (AvgIpc) is 2.30. The SMILES string of the molecule is Cc1cc(=O)c(C(=O)Cl)nn1-c1ccccc1Cl. The first-order valence-electron chi connectivity index (χ1n) is 5.06. The van der Waals surface area contributed by atoms with Crippen LogP contribution in [0.1, 0.15) is 16.2 Å². The van der Waals surface area contributed by atoms with E-state index in [1.54, 1.807) is 31.2 Å².